The number of nitrogens with zero attached hydrogens (tertiary/aromatic N) is 1. The molecular formula is C25H23Cl2FN2O4S. The molecule has 0 fully saturated rings. The Balaban J connectivity index is 1.62. The van der Waals surface area contributed by atoms with E-state index in [1.54, 1.807) is 36.4 Å². The Morgan fingerprint density at radius 3 is 2.57 bits per heavy atom. The molecule has 1 amide bonds. The number of hydrogen-bond donors (Lipinski definition) is 1. The van der Waals surface area contributed by atoms with Gasteiger partial charge in [0.05, 0.1) is 4.90 Å². The van der Waals surface area contributed by atoms with E-state index in [9.17, 15) is 17.6 Å². The summed E-state index contributed by atoms with van der Waals surface area (Å²) in [6.45, 7) is 2.26. The molecule has 4 rings (SSSR count). The average molecular weight is 537 g/mol. The highest BCUT2D eigenvalue weighted by Gasteiger charge is 2.27. The monoisotopic (exact) mass is 536 g/mol. The zero-order valence-electron chi connectivity index (χ0n) is 18.9. The van der Waals surface area contributed by atoms with Gasteiger partial charge in [0.2, 0.25) is 5.91 Å². The first-order chi connectivity index (χ1) is 16.6. The molecule has 0 aliphatic carbocycles. The summed E-state index contributed by atoms with van der Waals surface area (Å²) in [6, 6.07) is 14.6. The number of benzene rings is 3. The molecule has 184 valence electrons. The van der Waals surface area contributed by atoms with E-state index in [0.717, 1.165) is 24.6 Å². The van der Waals surface area contributed by atoms with Gasteiger partial charge in [0.15, 0.2) is 0 Å². The zero-order valence-corrected chi connectivity index (χ0v) is 21.2. The normalized spacial score (nSPS) is 13.3. The van der Waals surface area contributed by atoms with E-state index in [1.165, 1.54) is 12.1 Å². The van der Waals surface area contributed by atoms with Crippen LogP contribution in [0.4, 0.5) is 10.1 Å². The third-order valence-corrected chi connectivity index (χ3v) is 7.64. The third kappa shape index (κ3) is 5.89. The quantitative estimate of drug-likeness (QED) is 0.432. The van der Waals surface area contributed by atoms with Crippen molar-refractivity contribution in [3.8, 4) is 5.75 Å². The van der Waals surface area contributed by atoms with Crippen LogP contribution in [0.3, 0.4) is 0 Å². The minimum atomic E-state index is -3.98. The number of carbonyl (C=O) groups is 1. The van der Waals surface area contributed by atoms with Crippen LogP contribution in [0.1, 0.15) is 30.0 Å². The molecule has 0 atom stereocenters. The number of rotatable bonds is 7. The molecule has 0 bridgehead atoms. The lowest BCUT2D eigenvalue weighted by Gasteiger charge is -2.33. The van der Waals surface area contributed by atoms with Crippen LogP contribution < -0.4 is 14.4 Å². The van der Waals surface area contributed by atoms with Crippen molar-refractivity contribution in [2.45, 2.75) is 37.8 Å². The van der Waals surface area contributed by atoms with Crippen molar-refractivity contribution < 1.29 is 22.3 Å². The molecule has 1 aliphatic heterocycles. The molecule has 10 heteroatoms. The number of anilines is 1. The second kappa shape index (κ2) is 10.4. The second-order valence-corrected chi connectivity index (χ2v) is 10.7. The van der Waals surface area contributed by atoms with Gasteiger partial charge >= 0.3 is 0 Å². The summed E-state index contributed by atoms with van der Waals surface area (Å²) in [5, 5.41) is 0.825. The number of sulfonamides is 1. The van der Waals surface area contributed by atoms with Crippen LogP contribution in [0.15, 0.2) is 59.5 Å². The number of nitrogens with one attached hydrogen (secondary N) is 1. The van der Waals surface area contributed by atoms with E-state index in [4.69, 9.17) is 27.9 Å². The van der Waals surface area contributed by atoms with Gasteiger partial charge in [-0.25, -0.2) is 17.5 Å². The SMILES string of the molecule is CC(=O)NS(=O)(=O)c1cccc2c1CCCN2Cc1cc(Cl)ccc1OCc1ccc(Cl)cc1F. The van der Waals surface area contributed by atoms with Gasteiger partial charge in [-0.1, -0.05) is 35.3 Å². The summed E-state index contributed by atoms with van der Waals surface area (Å²) >= 11 is 12.1. The van der Waals surface area contributed by atoms with Crippen LogP contribution >= 0.6 is 23.2 Å². The van der Waals surface area contributed by atoms with Crippen molar-refractivity contribution in [2.24, 2.45) is 0 Å². The number of fused-ring (bicyclic) bond motifs is 1. The van der Waals surface area contributed by atoms with Gasteiger partial charge in [-0.05, 0) is 60.9 Å². The summed E-state index contributed by atoms with van der Waals surface area (Å²) < 4.78 is 47.6. The fraction of sp³-hybridized carbons (Fsp3) is 0.240. The highest BCUT2D eigenvalue weighted by molar-refractivity contribution is 7.90. The maximum atomic E-state index is 14.2. The van der Waals surface area contributed by atoms with E-state index < -0.39 is 21.7 Å². The van der Waals surface area contributed by atoms with Crippen LogP contribution in [0.2, 0.25) is 10.0 Å². The first kappa shape index (κ1) is 25.3. The Hall–Kier alpha value is -2.81. The lowest BCUT2D eigenvalue weighted by molar-refractivity contribution is -0.117. The molecule has 35 heavy (non-hydrogen) atoms. The zero-order chi connectivity index (χ0) is 25.2. The standard InChI is InChI=1S/C25H23Cl2FN2O4S/c1-16(31)29-35(32,33)25-6-2-5-23-21(25)4-3-11-30(23)14-18-12-19(26)9-10-24(18)34-15-17-7-8-20(27)13-22(17)28/h2,5-10,12-13H,3-4,11,14-15H2,1H3,(H,29,31). The Morgan fingerprint density at radius 1 is 1.09 bits per heavy atom. The molecule has 1 heterocycles. The Labute approximate surface area is 213 Å². The van der Waals surface area contributed by atoms with Gasteiger partial charge in [0, 0.05) is 46.9 Å². The first-order valence-electron chi connectivity index (χ1n) is 10.9. The van der Waals surface area contributed by atoms with Crippen molar-refractivity contribution in [3.05, 3.63) is 87.2 Å². The molecule has 0 saturated heterocycles. The van der Waals surface area contributed by atoms with Crippen molar-refractivity contribution >= 4 is 44.8 Å². The highest BCUT2D eigenvalue weighted by Crippen LogP contribution is 2.35. The predicted molar refractivity (Wildman–Crippen MR) is 134 cm³/mol. The molecule has 0 unspecified atom stereocenters. The summed E-state index contributed by atoms with van der Waals surface area (Å²) in [6.07, 6.45) is 1.29. The fourth-order valence-corrected chi connectivity index (χ4v) is 5.77. The minimum Gasteiger partial charge on any atom is -0.488 e. The average Bonchev–Trinajstić information content (AvgIpc) is 2.78. The van der Waals surface area contributed by atoms with Crippen molar-refractivity contribution in [1.82, 2.24) is 4.72 Å². The maximum absolute atomic E-state index is 14.2. The molecule has 0 radical (unpaired) electrons. The number of amides is 1. The Morgan fingerprint density at radius 2 is 1.83 bits per heavy atom. The van der Waals surface area contributed by atoms with Gasteiger partial charge < -0.3 is 9.64 Å². The molecule has 3 aromatic rings. The van der Waals surface area contributed by atoms with Gasteiger partial charge in [-0.2, -0.15) is 0 Å². The van der Waals surface area contributed by atoms with Crippen molar-refractivity contribution in [3.63, 3.8) is 0 Å². The van der Waals surface area contributed by atoms with Crippen LogP contribution in [0.5, 0.6) is 5.75 Å². The second-order valence-electron chi connectivity index (χ2n) is 8.22. The topological polar surface area (TPSA) is 75.7 Å². The molecule has 0 aromatic heterocycles. The van der Waals surface area contributed by atoms with Crippen molar-refractivity contribution in [1.29, 1.82) is 0 Å². The van der Waals surface area contributed by atoms with Crippen LogP contribution in [-0.2, 0) is 34.4 Å². The largest absolute Gasteiger partial charge is 0.488 e. The summed E-state index contributed by atoms with van der Waals surface area (Å²) in [7, 11) is -3.98. The fourth-order valence-electron chi connectivity index (χ4n) is 4.14. The predicted octanol–water partition coefficient (Wildman–Crippen LogP) is 5.49. The highest BCUT2D eigenvalue weighted by atomic mass is 35.5. The number of ether oxygens (including phenoxy) is 1. The number of halogens is 3. The molecule has 1 aliphatic rings. The van der Waals surface area contributed by atoms with Gasteiger partial charge in [0.25, 0.3) is 10.0 Å². The number of carbonyl (C=O) groups excluding carboxylic acids is 1. The Kier molecular flexibility index (Phi) is 7.54. The van der Waals surface area contributed by atoms with E-state index in [2.05, 4.69) is 0 Å². The molecule has 0 spiro atoms. The Bertz CT molecular complexity index is 1380. The third-order valence-electron chi connectivity index (χ3n) is 5.65. The van der Waals surface area contributed by atoms with E-state index in [1.807, 2.05) is 15.7 Å². The molecule has 0 saturated carbocycles. The van der Waals surface area contributed by atoms with Crippen LogP contribution in [-0.4, -0.2) is 20.9 Å². The molecular weight excluding hydrogens is 514 g/mol. The van der Waals surface area contributed by atoms with Crippen molar-refractivity contribution in [2.75, 3.05) is 11.4 Å². The van der Waals surface area contributed by atoms with Crippen LogP contribution in [0.25, 0.3) is 0 Å². The smallest absolute Gasteiger partial charge is 0.264 e. The summed E-state index contributed by atoms with van der Waals surface area (Å²) in [4.78, 5) is 13.6. The van der Waals surface area contributed by atoms with Gasteiger partial charge in [0.1, 0.15) is 18.2 Å². The lowest BCUT2D eigenvalue weighted by atomic mass is 10.0. The first-order valence-corrected chi connectivity index (χ1v) is 13.1. The van der Waals surface area contributed by atoms with E-state index >= 15 is 0 Å². The lowest BCUT2D eigenvalue weighted by Crippen LogP contribution is -2.33. The van der Waals surface area contributed by atoms with E-state index in [0.29, 0.717) is 46.4 Å². The summed E-state index contributed by atoms with van der Waals surface area (Å²) in [5.41, 5.74) is 2.55. The maximum Gasteiger partial charge on any atom is 0.264 e. The minimum absolute atomic E-state index is 0.00727. The molecule has 1 N–H and O–H groups in total. The molecule has 3 aromatic carbocycles. The van der Waals surface area contributed by atoms with Crippen LogP contribution in [0, 0.1) is 5.82 Å². The number of hydrogen-bond acceptors (Lipinski definition) is 5. The molecule has 6 nitrogen and oxygen atoms in total. The van der Waals surface area contributed by atoms with E-state index in [-0.39, 0.29) is 11.5 Å². The van der Waals surface area contributed by atoms with Gasteiger partial charge in [-0.15, -0.1) is 0 Å². The van der Waals surface area contributed by atoms with Gasteiger partial charge in [-0.3, -0.25) is 4.79 Å². The summed E-state index contributed by atoms with van der Waals surface area (Å²) in [5.74, 6) is -0.558.